The number of aryl methyl sites for hydroxylation is 1. The monoisotopic (exact) mass is 275 g/mol. The van der Waals surface area contributed by atoms with E-state index in [-0.39, 0.29) is 11.4 Å². The zero-order valence-corrected chi connectivity index (χ0v) is 10.5. The number of rotatable bonds is 3. The van der Waals surface area contributed by atoms with Crippen molar-refractivity contribution < 1.29 is 14.1 Å². The summed E-state index contributed by atoms with van der Waals surface area (Å²) in [6.45, 7) is 1.72. The molecule has 0 fully saturated rings. The van der Waals surface area contributed by atoms with Crippen LogP contribution >= 0.6 is 0 Å². The van der Waals surface area contributed by atoms with Crippen LogP contribution in [0.5, 0.6) is 0 Å². The molecular weight excluding hydrogens is 265 g/mol. The van der Waals surface area contributed by atoms with E-state index in [0.717, 1.165) is 18.2 Å². The van der Waals surface area contributed by atoms with Crippen LogP contribution in [0.1, 0.15) is 16.2 Å². The van der Waals surface area contributed by atoms with Crippen LogP contribution < -0.4 is 5.32 Å². The molecule has 0 atom stereocenters. The molecule has 1 aromatic carbocycles. The van der Waals surface area contributed by atoms with Gasteiger partial charge in [0.05, 0.1) is 11.0 Å². The second-order valence-electron chi connectivity index (χ2n) is 4.04. The molecule has 0 saturated heterocycles. The molecule has 2 rings (SSSR count). The molecule has 0 spiro atoms. The number of carbonyl (C=O) groups is 1. The Kier molecular flexibility index (Phi) is 3.69. The average Bonchev–Trinajstić information content (AvgIpc) is 2.40. The summed E-state index contributed by atoms with van der Waals surface area (Å²) < 4.78 is 13.0. The number of amides is 1. The molecule has 0 aliphatic rings. The van der Waals surface area contributed by atoms with Crippen molar-refractivity contribution in [1.82, 2.24) is 4.98 Å². The van der Waals surface area contributed by atoms with Crippen LogP contribution in [-0.2, 0) is 0 Å². The van der Waals surface area contributed by atoms with E-state index in [9.17, 15) is 19.3 Å². The van der Waals surface area contributed by atoms with Crippen LogP contribution in [0.2, 0.25) is 0 Å². The molecule has 7 heteroatoms. The Morgan fingerprint density at radius 3 is 2.75 bits per heavy atom. The highest BCUT2D eigenvalue weighted by Gasteiger charge is 2.18. The number of pyridine rings is 1. The topological polar surface area (TPSA) is 85.1 Å². The highest BCUT2D eigenvalue weighted by atomic mass is 19.1. The highest BCUT2D eigenvalue weighted by molar-refractivity contribution is 6.04. The first-order chi connectivity index (χ1) is 9.47. The number of carbonyl (C=O) groups excluding carboxylic acids is 1. The Morgan fingerprint density at radius 1 is 1.35 bits per heavy atom. The first-order valence-electron chi connectivity index (χ1n) is 5.66. The number of benzene rings is 1. The fourth-order valence-electron chi connectivity index (χ4n) is 1.62. The van der Waals surface area contributed by atoms with E-state index in [1.54, 1.807) is 19.1 Å². The summed E-state index contributed by atoms with van der Waals surface area (Å²) in [6, 6.07) is 7.78. The van der Waals surface area contributed by atoms with Crippen LogP contribution in [0, 0.1) is 22.9 Å². The maximum atomic E-state index is 13.0. The van der Waals surface area contributed by atoms with E-state index in [1.807, 2.05) is 0 Å². The van der Waals surface area contributed by atoms with Crippen LogP contribution in [0.3, 0.4) is 0 Å². The Bertz CT molecular complexity index is 688. The molecular formula is C13H10FN3O3. The van der Waals surface area contributed by atoms with Crippen molar-refractivity contribution in [3.63, 3.8) is 0 Å². The Hall–Kier alpha value is -2.83. The lowest BCUT2D eigenvalue weighted by molar-refractivity contribution is -0.384. The van der Waals surface area contributed by atoms with Crippen molar-refractivity contribution >= 4 is 17.3 Å². The van der Waals surface area contributed by atoms with Gasteiger partial charge >= 0.3 is 0 Å². The van der Waals surface area contributed by atoms with Gasteiger partial charge in [0.1, 0.15) is 17.2 Å². The van der Waals surface area contributed by atoms with Gasteiger partial charge in [-0.3, -0.25) is 14.9 Å². The van der Waals surface area contributed by atoms with Crippen molar-refractivity contribution in [1.29, 1.82) is 0 Å². The largest absolute Gasteiger partial charge is 0.315 e. The molecule has 20 heavy (non-hydrogen) atoms. The minimum atomic E-state index is -0.762. The number of aromatic nitrogens is 1. The molecule has 6 nitrogen and oxygen atoms in total. The molecule has 0 radical (unpaired) electrons. The highest BCUT2D eigenvalue weighted by Crippen LogP contribution is 2.25. The van der Waals surface area contributed by atoms with Gasteiger partial charge in [-0.1, -0.05) is 6.07 Å². The van der Waals surface area contributed by atoms with Gasteiger partial charge in [0.2, 0.25) is 0 Å². The quantitative estimate of drug-likeness (QED) is 0.689. The van der Waals surface area contributed by atoms with Gasteiger partial charge in [-0.25, -0.2) is 9.37 Å². The van der Waals surface area contributed by atoms with Gasteiger partial charge in [0, 0.05) is 5.69 Å². The number of anilines is 1. The summed E-state index contributed by atoms with van der Waals surface area (Å²) in [5, 5.41) is 13.2. The number of nitro groups is 1. The Morgan fingerprint density at radius 2 is 2.10 bits per heavy atom. The van der Waals surface area contributed by atoms with E-state index in [1.165, 1.54) is 6.07 Å². The second-order valence-corrected chi connectivity index (χ2v) is 4.04. The van der Waals surface area contributed by atoms with Crippen molar-refractivity contribution in [2.45, 2.75) is 6.92 Å². The normalized spacial score (nSPS) is 10.1. The molecule has 0 bridgehead atoms. The number of hydrogen-bond donors (Lipinski definition) is 1. The third-order valence-corrected chi connectivity index (χ3v) is 2.53. The summed E-state index contributed by atoms with van der Waals surface area (Å²) >= 11 is 0. The van der Waals surface area contributed by atoms with E-state index in [0.29, 0.717) is 5.69 Å². The molecule has 1 N–H and O–H groups in total. The molecule has 0 aliphatic carbocycles. The lowest BCUT2D eigenvalue weighted by Gasteiger charge is -2.06. The van der Waals surface area contributed by atoms with Crippen molar-refractivity contribution in [2.75, 3.05) is 5.32 Å². The minimum Gasteiger partial charge on any atom is -0.315 e. The SMILES string of the molecule is Cc1cccc(C(=O)Nc2ccc(F)cc2[N+](=O)[O-])n1. The van der Waals surface area contributed by atoms with E-state index in [4.69, 9.17) is 0 Å². The number of halogens is 1. The predicted octanol–water partition coefficient (Wildman–Crippen LogP) is 2.69. The fourth-order valence-corrected chi connectivity index (χ4v) is 1.62. The van der Waals surface area contributed by atoms with Crippen LogP contribution in [0.25, 0.3) is 0 Å². The third-order valence-electron chi connectivity index (χ3n) is 2.53. The Labute approximate surface area is 113 Å². The van der Waals surface area contributed by atoms with Gasteiger partial charge in [-0.05, 0) is 31.2 Å². The molecule has 2 aromatic rings. The van der Waals surface area contributed by atoms with E-state index >= 15 is 0 Å². The molecule has 1 heterocycles. The van der Waals surface area contributed by atoms with Crippen molar-refractivity contribution in [2.24, 2.45) is 0 Å². The maximum Gasteiger partial charge on any atom is 0.295 e. The third kappa shape index (κ3) is 2.94. The standard InChI is InChI=1S/C13H10FN3O3/c1-8-3-2-4-11(15-8)13(18)16-10-6-5-9(14)7-12(10)17(19)20/h2-7H,1H3,(H,16,18). The maximum absolute atomic E-state index is 13.0. The van der Waals surface area contributed by atoms with Crippen LogP contribution in [-0.4, -0.2) is 15.8 Å². The first kappa shape index (κ1) is 13.6. The van der Waals surface area contributed by atoms with Gasteiger partial charge < -0.3 is 5.32 Å². The number of hydrogen-bond acceptors (Lipinski definition) is 4. The van der Waals surface area contributed by atoms with Crippen molar-refractivity contribution in [3.05, 3.63) is 63.7 Å². The number of nitrogens with one attached hydrogen (secondary N) is 1. The summed E-state index contributed by atoms with van der Waals surface area (Å²) in [7, 11) is 0. The van der Waals surface area contributed by atoms with E-state index in [2.05, 4.69) is 10.3 Å². The molecule has 102 valence electrons. The fraction of sp³-hybridized carbons (Fsp3) is 0.0769. The summed E-state index contributed by atoms with van der Waals surface area (Å²) in [6.07, 6.45) is 0. The summed E-state index contributed by atoms with van der Waals surface area (Å²) in [5.74, 6) is -1.34. The Balaban J connectivity index is 2.30. The predicted molar refractivity (Wildman–Crippen MR) is 70.0 cm³/mol. The van der Waals surface area contributed by atoms with Gasteiger partial charge in [0.15, 0.2) is 0 Å². The molecule has 1 amide bonds. The van der Waals surface area contributed by atoms with Crippen LogP contribution in [0.4, 0.5) is 15.8 Å². The van der Waals surface area contributed by atoms with Crippen LogP contribution in [0.15, 0.2) is 36.4 Å². The zero-order valence-electron chi connectivity index (χ0n) is 10.5. The molecule has 0 saturated carbocycles. The average molecular weight is 275 g/mol. The smallest absolute Gasteiger partial charge is 0.295 e. The van der Waals surface area contributed by atoms with Gasteiger partial charge in [0.25, 0.3) is 11.6 Å². The van der Waals surface area contributed by atoms with Crippen molar-refractivity contribution in [3.8, 4) is 0 Å². The number of nitrogens with zero attached hydrogens (tertiary/aromatic N) is 2. The molecule has 0 unspecified atom stereocenters. The second kappa shape index (κ2) is 5.43. The molecule has 1 aromatic heterocycles. The summed E-state index contributed by atoms with van der Waals surface area (Å²) in [4.78, 5) is 26.0. The van der Waals surface area contributed by atoms with Gasteiger partial charge in [-0.2, -0.15) is 0 Å². The summed E-state index contributed by atoms with van der Waals surface area (Å²) in [5.41, 5.74) is 0.186. The van der Waals surface area contributed by atoms with Gasteiger partial charge in [-0.15, -0.1) is 0 Å². The zero-order chi connectivity index (χ0) is 14.7. The lowest BCUT2D eigenvalue weighted by Crippen LogP contribution is -2.15. The lowest BCUT2D eigenvalue weighted by atomic mass is 10.2. The minimum absolute atomic E-state index is 0.0790. The first-order valence-corrected chi connectivity index (χ1v) is 5.66. The van der Waals surface area contributed by atoms with E-state index < -0.39 is 22.3 Å². The molecule has 0 aliphatic heterocycles. The number of nitro benzene ring substituents is 1.